The molecule has 0 heterocycles. The Kier molecular flexibility index (Phi) is 3.94. The van der Waals surface area contributed by atoms with Crippen molar-refractivity contribution in [3.63, 3.8) is 0 Å². The summed E-state index contributed by atoms with van der Waals surface area (Å²) < 4.78 is 10.5. The first-order valence-electron chi connectivity index (χ1n) is 6.21. The number of ether oxygens (including phenoxy) is 2. The number of hydrogen-bond donors (Lipinski definition) is 1. The fourth-order valence-corrected chi connectivity index (χ4v) is 2.11. The molecule has 0 amide bonds. The van der Waals surface area contributed by atoms with E-state index in [1.165, 1.54) is 14.2 Å². The average molecular weight is 271 g/mol. The molecule has 0 aliphatic heterocycles. The Morgan fingerprint density at radius 2 is 1.55 bits per heavy atom. The fourth-order valence-electron chi connectivity index (χ4n) is 2.11. The number of hydrogen-bond acceptors (Lipinski definition) is 4. The van der Waals surface area contributed by atoms with Gasteiger partial charge in [-0.05, 0) is 30.7 Å². The maximum absolute atomic E-state index is 12.8. The maximum atomic E-state index is 12.8. The van der Waals surface area contributed by atoms with Crippen LogP contribution >= 0.6 is 0 Å². The lowest BCUT2D eigenvalue weighted by atomic mass is 9.97. The van der Waals surface area contributed by atoms with Crippen LogP contribution in [0.4, 0.5) is 5.69 Å². The van der Waals surface area contributed by atoms with Crippen molar-refractivity contribution < 1.29 is 14.3 Å². The number of rotatable bonds is 4. The van der Waals surface area contributed by atoms with Crippen molar-refractivity contribution in [1.82, 2.24) is 0 Å². The van der Waals surface area contributed by atoms with Gasteiger partial charge in [-0.25, -0.2) is 0 Å². The molecule has 2 aromatic carbocycles. The van der Waals surface area contributed by atoms with Crippen LogP contribution in [0.1, 0.15) is 21.5 Å². The highest BCUT2D eigenvalue weighted by Gasteiger charge is 2.21. The molecule has 0 spiro atoms. The number of methoxy groups -OCH3 is 2. The number of carbonyl (C=O) groups excluding carboxylic acids is 1. The van der Waals surface area contributed by atoms with Crippen LogP contribution in [0.2, 0.25) is 0 Å². The van der Waals surface area contributed by atoms with Crippen LogP contribution in [0.5, 0.6) is 11.5 Å². The Balaban J connectivity index is 2.61. The number of ketones is 1. The molecule has 0 atom stereocenters. The van der Waals surface area contributed by atoms with Gasteiger partial charge in [-0.2, -0.15) is 0 Å². The van der Waals surface area contributed by atoms with Gasteiger partial charge in [-0.1, -0.05) is 18.2 Å². The first-order valence-corrected chi connectivity index (χ1v) is 6.21. The van der Waals surface area contributed by atoms with Gasteiger partial charge >= 0.3 is 0 Å². The van der Waals surface area contributed by atoms with E-state index in [9.17, 15) is 4.79 Å². The highest BCUT2D eigenvalue weighted by Crippen LogP contribution is 2.32. The number of nitrogen functional groups attached to an aromatic ring is 1. The van der Waals surface area contributed by atoms with Crippen LogP contribution in [0.3, 0.4) is 0 Å². The minimum atomic E-state index is -0.163. The van der Waals surface area contributed by atoms with E-state index in [2.05, 4.69) is 0 Å². The van der Waals surface area contributed by atoms with Crippen LogP contribution in [0.25, 0.3) is 0 Å². The zero-order valence-corrected chi connectivity index (χ0v) is 11.8. The van der Waals surface area contributed by atoms with Gasteiger partial charge in [-0.3, -0.25) is 4.79 Å². The third kappa shape index (κ3) is 2.32. The van der Waals surface area contributed by atoms with E-state index in [4.69, 9.17) is 15.2 Å². The Labute approximate surface area is 118 Å². The molecule has 0 saturated heterocycles. The minimum Gasteiger partial charge on any atom is -0.496 e. The SMILES string of the molecule is COc1cccc(OC)c1C(=O)c1cccc(N)c1C. The lowest BCUT2D eigenvalue weighted by Crippen LogP contribution is -2.09. The lowest BCUT2D eigenvalue weighted by molar-refractivity contribution is 0.103. The Hall–Kier alpha value is -2.49. The molecule has 104 valence electrons. The zero-order valence-electron chi connectivity index (χ0n) is 11.8. The van der Waals surface area contributed by atoms with E-state index in [0.717, 1.165) is 5.56 Å². The summed E-state index contributed by atoms with van der Waals surface area (Å²) in [4.78, 5) is 12.8. The lowest BCUT2D eigenvalue weighted by Gasteiger charge is -2.13. The van der Waals surface area contributed by atoms with Crippen LogP contribution in [-0.4, -0.2) is 20.0 Å². The normalized spacial score (nSPS) is 10.2. The predicted molar refractivity (Wildman–Crippen MR) is 78.6 cm³/mol. The quantitative estimate of drug-likeness (QED) is 0.686. The van der Waals surface area contributed by atoms with Crippen molar-refractivity contribution in [2.45, 2.75) is 6.92 Å². The van der Waals surface area contributed by atoms with E-state index < -0.39 is 0 Å². The molecule has 0 aliphatic carbocycles. The maximum Gasteiger partial charge on any atom is 0.200 e. The number of anilines is 1. The number of carbonyl (C=O) groups is 1. The summed E-state index contributed by atoms with van der Waals surface area (Å²) in [6.07, 6.45) is 0. The third-order valence-corrected chi connectivity index (χ3v) is 3.28. The zero-order chi connectivity index (χ0) is 14.7. The molecule has 0 radical (unpaired) electrons. The summed E-state index contributed by atoms with van der Waals surface area (Å²) >= 11 is 0. The standard InChI is InChI=1S/C16H17NO3/c1-10-11(6-4-7-12(10)17)16(18)15-13(19-2)8-5-9-14(15)20-3/h4-9H,17H2,1-3H3. The summed E-state index contributed by atoms with van der Waals surface area (Å²) in [5, 5.41) is 0. The Bertz CT molecular complexity index is 628. The van der Waals surface area contributed by atoms with Crippen molar-refractivity contribution >= 4 is 11.5 Å². The topological polar surface area (TPSA) is 61.5 Å². The monoisotopic (exact) mass is 271 g/mol. The summed E-state index contributed by atoms with van der Waals surface area (Å²) in [5.74, 6) is 0.802. The predicted octanol–water partition coefficient (Wildman–Crippen LogP) is 2.83. The fraction of sp³-hybridized carbons (Fsp3) is 0.188. The van der Waals surface area contributed by atoms with Gasteiger partial charge in [0.05, 0.1) is 14.2 Å². The molecule has 2 N–H and O–H groups in total. The van der Waals surface area contributed by atoms with Gasteiger partial charge in [0.25, 0.3) is 0 Å². The first kappa shape index (κ1) is 13.9. The summed E-state index contributed by atoms with van der Waals surface area (Å²) in [6.45, 7) is 1.82. The van der Waals surface area contributed by atoms with Crippen LogP contribution in [0.15, 0.2) is 36.4 Å². The molecule has 0 bridgehead atoms. The van der Waals surface area contributed by atoms with E-state index >= 15 is 0 Å². The van der Waals surface area contributed by atoms with E-state index in [-0.39, 0.29) is 5.78 Å². The van der Waals surface area contributed by atoms with E-state index in [1.807, 2.05) is 6.92 Å². The second kappa shape index (κ2) is 5.65. The molecule has 0 saturated carbocycles. The summed E-state index contributed by atoms with van der Waals surface area (Å²) in [5.41, 5.74) is 8.16. The molecule has 0 aromatic heterocycles. The van der Waals surface area contributed by atoms with Gasteiger partial charge in [0.1, 0.15) is 17.1 Å². The Morgan fingerprint density at radius 1 is 1.00 bits per heavy atom. The molecule has 0 aliphatic rings. The van der Waals surface area contributed by atoms with E-state index in [1.54, 1.807) is 36.4 Å². The molecule has 2 aromatic rings. The average Bonchev–Trinajstić information content (AvgIpc) is 2.48. The van der Waals surface area contributed by atoms with Gasteiger partial charge in [-0.15, -0.1) is 0 Å². The molecule has 0 unspecified atom stereocenters. The highest BCUT2D eigenvalue weighted by molar-refractivity contribution is 6.13. The molecular weight excluding hydrogens is 254 g/mol. The van der Waals surface area contributed by atoms with Crippen molar-refractivity contribution in [3.05, 3.63) is 53.1 Å². The van der Waals surface area contributed by atoms with Crippen LogP contribution in [0, 0.1) is 6.92 Å². The van der Waals surface area contributed by atoms with E-state index in [0.29, 0.717) is 28.3 Å². The van der Waals surface area contributed by atoms with Crippen molar-refractivity contribution in [2.75, 3.05) is 20.0 Å². The number of benzene rings is 2. The van der Waals surface area contributed by atoms with Crippen molar-refractivity contribution in [1.29, 1.82) is 0 Å². The van der Waals surface area contributed by atoms with Gasteiger partial charge < -0.3 is 15.2 Å². The Morgan fingerprint density at radius 3 is 2.10 bits per heavy atom. The molecule has 4 heteroatoms. The van der Waals surface area contributed by atoms with Gasteiger partial charge in [0, 0.05) is 11.3 Å². The first-order chi connectivity index (χ1) is 9.60. The molecule has 0 fully saturated rings. The molecule has 20 heavy (non-hydrogen) atoms. The molecular formula is C16H17NO3. The molecule has 2 rings (SSSR count). The van der Waals surface area contributed by atoms with Gasteiger partial charge in [0.2, 0.25) is 5.78 Å². The second-order valence-electron chi connectivity index (χ2n) is 4.39. The van der Waals surface area contributed by atoms with Gasteiger partial charge in [0.15, 0.2) is 0 Å². The summed E-state index contributed by atoms with van der Waals surface area (Å²) in [7, 11) is 3.05. The number of nitrogens with two attached hydrogens (primary N) is 1. The third-order valence-electron chi connectivity index (χ3n) is 3.28. The van der Waals surface area contributed by atoms with Crippen molar-refractivity contribution in [2.24, 2.45) is 0 Å². The van der Waals surface area contributed by atoms with Crippen LogP contribution in [-0.2, 0) is 0 Å². The molecule has 4 nitrogen and oxygen atoms in total. The van der Waals surface area contributed by atoms with Crippen molar-refractivity contribution in [3.8, 4) is 11.5 Å². The summed E-state index contributed by atoms with van der Waals surface area (Å²) in [6, 6.07) is 10.5. The highest BCUT2D eigenvalue weighted by atomic mass is 16.5. The second-order valence-corrected chi connectivity index (χ2v) is 4.39. The van der Waals surface area contributed by atoms with Crippen LogP contribution < -0.4 is 15.2 Å². The minimum absolute atomic E-state index is 0.163. The largest absolute Gasteiger partial charge is 0.496 e. The smallest absolute Gasteiger partial charge is 0.200 e.